The highest BCUT2D eigenvalue weighted by atomic mass is 32.2. The van der Waals surface area contributed by atoms with E-state index in [1.54, 1.807) is 13.2 Å². The van der Waals surface area contributed by atoms with Crippen LogP contribution in [0.3, 0.4) is 0 Å². The third-order valence-electron chi connectivity index (χ3n) is 2.93. The number of nitrogens with one attached hydrogen (secondary N) is 1. The number of sulfonamides is 1. The fourth-order valence-corrected chi connectivity index (χ4v) is 4.53. The summed E-state index contributed by atoms with van der Waals surface area (Å²) in [5.74, 6) is 0.674. The maximum atomic E-state index is 12.3. The molecule has 0 fully saturated rings. The average Bonchev–Trinajstić information content (AvgIpc) is 2.76. The van der Waals surface area contributed by atoms with Crippen molar-refractivity contribution < 1.29 is 13.2 Å². The molecule has 0 aliphatic heterocycles. The normalized spacial score (nSPS) is 11.6. The summed E-state index contributed by atoms with van der Waals surface area (Å²) in [6.07, 6.45) is 0. The van der Waals surface area contributed by atoms with Gasteiger partial charge in [0, 0.05) is 21.9 Å². The van der Waals surface area contributed by atoms with Crippen molar-refractivity contribution in [2.24, 2.45) is 0 Å². The molecule has 0 unspecified atom stereocenters. The number of thiophene rings is 1. The maximum Gasteiger partial charge on any atom is 0.241 e. The van der Waals surface area contributed by atoms with Crippen LogP contribution in [-0.4, -0.2) is 15.5 Å². The minimum atomic E-state index is -3.49. The molecule has 2 rings (SSSR count). The third kappa shape index (κ3) is 3.20. The summed E-state index contributed by atoms with van der Waals surface area (Å²) in [6.45, 7) is 3.92. The summed E-state index contributed by atoms with van der Waals surface area (Å²) in [7, 11) is -1.92. The van der Waals surface area contributed by atoms with Gasteiger partial charge in [-0.05, 0) is 26.0 Å². The van der Waals surface area contributed by atoms with Crippen molar-refractivity contribution in [1.29, 1.82) is 0 Å². The highest BCUT2D eigenvalue weighted by molar-refractivity contribution is 7.89. The summed E-state index contributed by atoms with van der Waals surface area (Å²) in [4.78, 5) is 2.14. The Morgan fingerprint density at radius 2 is 1.95 bits per heavy atom. The van der Waals surface area contributed by atoms with Crippen LogP contribution >= 0.6 is 11.3 Å². The Morgan fingerprint density at radius 1 is 1.25 bits per heavy atom. The van der Waals surface area contributed by atoms with Crippen LogP contribution in [0.1, 0.15) is 15.3 Å². The van der Waals surface area contributed by atoms with Gasteiger partial charge in [-0.3, -0.25) is 0 Å². The van der Waals surface area contributed by atoms with Crippen molar-refractivity contribution in [3.8, 4) is 5.75 Å². The summed E-state index contributed by atoms with van der Waals surface area (Å²) < 4.78 is 32.4. The average molecular weight is 311 g/mol. The second kappa shape index (κ2) is 5.95. The topological polar surface area (TPSA) is 55.4 Å². The summed E-state index contributed by atoms with van der Waals surface area (Å²) >= 11 is 1.48. The van der Waals surface area contributed by atoms with Gasteiger partial charge in [-0.15, -0.1) is 11.3 Å². The second-order valence-corrected chi connectivity index (χ2v) is 7.61. The number of hydrogen-bond acceptors (Lipinski definition) is 4. The van der Waals surface area contributed by atoms with Gasteiger partial charge in [0.15, 0.2) is 0 Å². The fraction of sp³-hybridized carbons (Fsp3) is 0.286. The molecular weight excluding hydrogens is 294 g/mol. The molecule has 0 aliphatic carbocycles. The van der Waals surface area contributed by atoms with Gasteiger partial charge in [-0.2, -0.15) is 0 Å². The lowest BCUT2D eigenvalue weighted by molar-refractivity contribution is 0.409. The molecule has 1 aromatic carbocycles. The Bertz CT molecular complexity index is 705. The van der Waals surface area contributed by atoms with Gasteiger partial charge in [-0.1, -0.05) is 18.2 Å². The lowest BCUT2D eigenvalue weighted by atomic mass is 10.2. The zero-order chi connectivity index (χ0) is 14.8. The van der Waals surface area contributed by atoms with Crippen LogP contribution in [0.2, 0.25) is 0 Å². The fourth-order valence-electron chi connectivity index (χ4n) is 1.97. The van der Waals surface area contributed by atoms with Crippen LogP contribution in [0.15, 0.2) is 35.2 Å². The van der Waals surface area contributed by atoms with Crippen molar-refractivity contribution in [2.75, 3.05) is 7.11 Å². The van der Waals surface area contributed by atoms with Crippen molar-refractivity contribution in [2.45, 2.75) is 25.3 Å². The Kier molecular flexibility index (Phi) is 4.47. The van der Waals surface area contributed by atoms with E-state index < -0.39 is 10.0 Å². The summed E-state index contributed by atoms with van der Waals surface area (Å²) in [6, 6.07) is 9.05. The first-order chi connectivity index (χ1) is 9.44. The largest absolute Gasteiger partial charge is 0.496 e. The lowest BCUT2D eigenvalue weighted by Gasteiger charge is -2.09. The molecular formula is C14H17NO3S2. The highest BCUT2D eigenvalue weighted by Crippen LogP contribution is 2.25. The standard InChI is InChI=1S/C14H17NO3S2/c1-10-8-14(11(2)19-10)20(16,17)15-9-12-6-4-5-7-13(12)18-3/h4-8,15H,9H2,1-3H3. The van der Waals surface area contributed by atoms with Gasteiger partial charge in [-0.25, -0.2) is 13.1 Å². The van der Waals surface area contributed by atoms with Crippen LogP contribution in [0.4, 0.5) is 0 Å². The van der Waals surface area contributed by atoms with E-state index in [9.17, 15) is 8.42 Å². The van der Waals surface area contributed by atoms with Gasteiger partial charge in [0.2, 0.25) is 10.0 Å². The summed E-state index contributed by atoms with van der Waals surface area (Å²) in [5, 5.41) is 0. The first-order valence-electron chi connectivity index (χ1n) is 6.12. The van der Waals surface area contributed by atoms with Gasteiger partial charge < -0.3 is 4.74 Å². The number of benzene rings is 1. The molecule has 2 aromatic rings. The van der Waals surface area contributed by atoms with Crippen LogP contribution in [0, 0.1) is 13.8 Å². The number of ether oxygens (including phenoxy) is 1. The Balaban J connectivity index is 2.20. The van der Waals surface area contributed by atoms with Crippen LogP contribution < -0.4 is 9.46 Å². The molecule has 20 heavy (non-hydrogen) atoms. The molecule has 0 amide bonds. The number of rotatable bonds is 5. The molecule has 0 atom stereocenters. The van der Waals surface area contributed by atoms with Crippen molar-refractivity contribution in [1.82, 2.24) is 4.72 Å². The van der Waals surface area contributed by atoms with E-state index in [1.165, 1.54) is 11.3 Å². The molecule has 0 aliphatic rings. The second-order valence-electron chi connectivity index (χ2n) is 4.41. The molecule has 108 valence electrons. The Morgan fingerprint density at radius 3 is 2.55 bits per heavy atom. The van der Waals surface area contributed by atoms with E-state index >= 15 is 0 Å². The number of hydrogen-bond donors (Lipinski definition) is 1. The van der Waals surface area contributed by atoms with Crippen molar-refractivity contribution in [3.63, 3.8) is 0 Å². The summed E-state index contributed by atoms with van der Waals surface area (Å²) in [5.41, 5.74) is 0.808. The number of para-hydroxylation sites is 1. The van der Waals surface area contributed by atoms with E-state index in [1.807, 2.05) is 38.1 Å². The predicted octanol–water partition coefficient (Wildman–Crippen LogP) is 2.85. The van der Waals surface area contributed by atoms with E-state index in [0.717, 1.165) is 15.3 Å². The third-order valence-corrected chi connectivity index (χ3v) is 5.55. The van der Waals surface area contributed by atoms with Crippen LogP contribution in [-0.2, 0) is 16.6 Å². The zero-order valence-electron chi connectivity index (χ0n) is 11.6. The minimum absolute atomic E-state index is 0.209. The van der Waals surface area contributed by atoms with Crippen LogP contribution in [0.5, 0.6) is 5.75 Å². The van der Waals surface area contributed by atoms with Crippen molar-refractivity contribution in [3.05, 3.63) is 45.6 Å². The van der Waals surface area contributed by atoms with Gasteiger partial charge in [0.05, 0.1) is 12.0 Å². The molecule has 0 radical (unpaired) electrons. The highest BCUT2D eigenvalue weighted by Gasteiger charge is 2.19. The SMILES string of the molecule is COc1ccccc1CNS(=O)(=O)c1cc(C)sc1C. The smallest absolute Gasteiger partial charge is 0.241 e. The number of aryl methyl sites for hydroxylation is 2. The molecule has 1 N–H and O–H groups in total. The van der Waals surface area contributed by atoms with Gasteiger partial charge in [0.1, 0.15) is 5.75 Å². The number of methoxy groups -OCH3 is 1. The lowest BCUT2D eigenvalue weighted by Crippen LogP contribution is -2.23. The quantitative estimate of drug-likeness (QED) is 0.924. The molecule has 0 bridgehead atoms. The van der Waals surface area contributed by atoms with E-state index in [-0.39, 0.29) is 6.54 Å². The molecule has 0 saturated heterocycles. The predicted molar refractivity (Wildman–Crippen MR) is 80.8 cm³/mol. The van der Waals surface area contributed by atoms with Crippen LogP contribution in [0.25, 0.3) is 0 Å². The first-order valence-corrected chi connectivity index (χ1v) is 8.42. The van der Waals surface area contributed by atoms with Gasteiger partial charge >= 0.3 is 0 Å². The monoisotopic (exact) mass is 311 g/mol. The molecule has 6 heteroatoms. The molecule has 1 heterocycles. The van der Waals surface area contributed by atoms with Crippen molar-refractivity contribution >= 4 is 21.4 Å². The molecule has 1 aromatic heterocycles. The maximum absolute atomic E-state index is 12.3. The van der Waals surface area contributed by atoms with Gasteiger partial charge in [0.25, 0.3) is 0 Å². The Hall–Kier alpha value is -1.37. The molecule has 0 spiro atoms. The van der Waals surface area contributed by atoms with E-state index in [2.05, 4.69) is 4.72 Å². The minimum Gasteiger partial charge on any atom is -0.496 e. The zero-order valence-corrected chi connectivity index (χ0v) is 13.3. The first kappa shape index (κ1) is 15.0. The molecule has 4 nitrogen and oxygen atoms in total. The van der Waals surface area contributed by atoms with E-state index in [4.69, 9.17) is 4.74 Å². The van der Waals surface area contributed by atoms with E-state index in [0.29, 0.717) is 10.6 Å². The molecule has 0 saturated carbocycles. The Labute approximate surface area is 123 Å².